The zero-order valence-electron chi connectivity index (χ0n) is 14.6. The molecule has 1 saturated heterocycles. The Bertz CT molecular complexity index is 334. The number of hydrogen-bond acceptors (Lipinski definition) is 3. The van der Waals surface area contributed by atoms with Gasteiger partial charge in [0.05, 0.1) is 20.7 Å². The molecule has 1 aliphatic heterocycles. The van der Waals surface area contributed by atoms with E-state index in [2.05, 4.69) is 45.8 Å². The van der Waals surface area contributed by atoms with Crippen molar-refractivity contribution in [3.8, 4) is 0 Å². The molecule has 20 heavy (non-hydrogen) atoms. The number of ether oxygens (including phenoxy) is 1. The van der Waals surface area contributed by atoms with Crippen LogP contribution in [0.5, 0.6) is 0 Å². The number of methoxy groups -OCH3 is 1. The molecule has 1 rings (SSSR count). The summed E-state index contributed by atoms with van der Waals surface area (Å²) in [6, 6.07) is 1.70. The van der Waals surface area contributed by atoms with Gasteiger partial charge in [-0.25, -0.2) is 0 Å². The van der Waals surface area contributed by atoms with Crippen LogP contribution in [0.25, 0.3) is 0 Å². The average Bonchev–Trinajstić information content (AvgIpc) is 2.74. The van der Waals surface area contributed by atoms with E-state index in [0.717, 1.165) is 19.6 Å². The minimum absolute atomic E-state index is 0.430. The molecule has 1 heterocycles. The fourth-order valence-corrected chi connectivity index (χ4v) is 4.37. The van der Waals surface area contributed by atoms with Crippen LogP contribution in [0.3, 0.4) is 0 Å². The summed E-state index contributed by atoms with van der Waals surface area (Å²) in [6.07, 6.45) is 3.53. The predicted molar refractivity (Wildman–Crippen MR) is 91.3 cm³/mol. The highest BCUT2D eigenvalue weighted by Gasteiger charge is 2.36. The second-order valence-electron chi connectivity index (χ2n) is 7.74. The third-order valence-corrected chi connectivity index (χ3v) is 10.4. The summed E-state index contributed by atoms with van der Waals surface area (Å²) in [5, 5.41) is 7.72. The first-order valence-corrected chi connectivity index (χ1v) is 11.2. The Morgan fingerprint density at radius 2 is 2.00 bits per heavy atom. The Morgan fingerprint density at radius 1 is 1.35 bits per heavy atom. The summed E-state index contributed by atoms with van der Waals surface area (Å²) in [4.78, 5) is 0. The lowest BCUT2D eigenvalue weighted by molar-refractivity contribution is 0.117. The molecule has 0 bridgehead atoms. The van der Waals surface area contributed by atoms with E-state index in [-0.39, 0.29) is 0 Å². The summed E-state index contributed by atoms with van der Waals surface area (Å²) in [7, 11) is 0.498. The summed E-state index contributed by atoms with van der Waals surface area (Å²) >= 11 is 0. The van der Waals surface area contributed by atoms with Gasteiger partial charge in [0.2, 0.25) is 0 Å². The van der Waals surface area contributed by atoms with Crippen LogP contribution in [-0.2, 0) is 4.74 Å². The molecule has 0 spiro atoms. The Morgan fingerprint density at radius 3 is 2.50 bits per heavy atom. The molecule has 1 atom stereocenters. The van der Waals surface area contributed by atoms with Crippen LogP contribution < -0.4 is 0 Å². The second kappa shape index (κ2) is 7.08. The minimum Gasteiger partial charge on any atom is -0.382 e. The van der Waals surface area contributed by atoms with Crippen molar-refractivity contribution in [3.05, 3.63) is 0 Å². The van der Waals surface area contributed by atoms with Crippen LogP contribution in [0.4, 0.5) is 0 Å². The maximum absolute atomic E-state index is 5.32. The first kappa shape index (κ1) is 17.7. The molecule has 0 aliphatic carbocycles. The molecular formula is C16H34N2OSi. The van der Waals surface area contributed by atoms with Gasteiger partial charge in [0.15, 0.2) is 0 Å². The van der Waals surface area contributed by atoms with Gasteiger partial charge in [-0.2, -0.15) is 5.10 Å². The number of hydrazone groups is 1. The van der Waals surface area contributed by atoms with Crippen LogP contribution in [0.15, 0.2) is 5.10 Å². The van der Waals surface area contributed by atoms with Gasteiger partial charge in [-0.15, -0.1) is 0 Å². The molecule has 0 N–H and O–H groups in total. The molecular weight excluding hydrogens is 264 g/mol. The van der Waals surface area contributed by atoms with Crippen molar-refractivity contribution in [2.75, 3.05) is 20.3 Å². The van der Waals surface area contributed by atoms with Crippen molar-refractivity contribution in [1.29, 1.82) is 0 Å². The fourth-order valence-electron chi connectivity index (χ4n) is 2.50. The van der Waals surface area contributed by atoms with E-state index >= 15 is 0 Å². The topological polar surface area (TPSA) is 24.8 Å². The molecule has 1 aliphatic rings. The number of nitrogens with zero attached hydrogens (tertiary/aromatic N) is 2. The second-order valence-corrected chi connectivity index (χ2v) is 13.4. The van der Waals surface area contributed by atoms with Gasteiger partial charge in [-0.05, 0) is 30.3 Å². The van der Waals surface area contributed by atoms with E-state index in [4.69, 9.17) is 9.84 Å². The largest absolute Gasteiger partial charge is 0.382 e. The Hall–Kier alpha value is -0.353. The Kier molecular flexibility index (Phi) is 6.26. The molecule has 0 amide bonds. The first-order chi connectivity index (χ1) is 9.21. The predicted octanol–water partition coefficient (Wildman–Crippen LogP) is 4.37. The van der Waals surface area contributed by atoms with E-state index in [0.29, 0.717) is 11.1 Å². The van der Waals surface area contributed by atoms with Gasteiger partial charge in [-0.1, -0.05) is 40.8 Å². The molecule has 4 heteroatoms. The highest BCUT2D eigenvalue weighted by atomic mass is 28.3. The molecule has 0 aromatic heterocycles. The number of rotatable bonds is 6. The molecule has 0 aromatic carbocycles. The zero-order chi connectivity index (χ0) is 15.4. The van der Waals surface area contributed by atoms with Crippen molar-refractivity contribution in [2.45, 2.75) is 77.2 Å². The van der Waals surface area contributed by atoms with Gasteiger partial charge in [0, 0.05) is 19.4 Å². The van der Waals surface area contributed by atoms with Gasteiger partial charge in [0.25, 0.3) is 0 Å². The van der Waals surface area contributed by atoms with Crippen LogP contribution in [0.1, 0.15) is 47.0 Å². The van der Waals surface area contributed by atoms with Gasteiger partial charge < -0.3 is 4.74 Å². The molecule has 0 unspecified atom stereocenters. The maximum Gasteiger partial charge on any atom is 0.0704 e. The van der Waals surface area contributed by atoms with Gasteiger partial charge in [0.1, 0.15) is 0 Å². The lowest BCUT2D eigenvalue weighted by Crippen LogP contribution is -2.39. The third-order valence-electron chi connectivity index (χ3n) is 5.06. The van der Waals surface area contributed by atoms with E-state index in [1.165, 1.54) is 24.6 Å². The maximum atomic E-state index is 5.32. The standard InChI is InChI=1S/C16H34N2OSi/c1-8-14(13-20(6,7)16(2,3)4)17-18-11-9-10-15(18)12-19-5/h15H,8-13H2,1-7H3/t15-/m0/s1. The average molecular weight is 299 g/mol. The highest BCUT2D eigenvalue weighted by molar-refractivity contribution is 6.82. The monoisotopic (exact) mass is 298 g/mol. The molecule has 1 fully saturated rings. The van der Waals surface area contributed by atoms with Crippen molar-refractivity contribution in [2.24, 2.45) is 5.10 Å². The van der Waals surface area contributed by atoms with E-state index < -0.39 is 8.07 Å². The summed E-state index contributed by atoms with van der Waals surface area (Å²) in [5.41, 5.74) is 1.39. The third kappa shape index (κ3) is 4.59. The van der Waals surface area contributed by atoms with E-state index in [1.807, 2.05) is 0 Å². The summed E-state index contributed by atoms with van der Waals surface area (Å²) < 4.78 is 5.32. The quantitative estimate of drug-likeness (QED) is 0.537. The van der Waals surface area contributed by atoms with Crippen LogP contribution in [0.2, 0.25) is 24.2 Å². The van der Waals surface area contributed by atoms with Crippen molar-refractivity contribution >= 4 is 13.8 Å². The summed E-state index contributed by atoms with van der Waals surface area (Å²) in [5.74, 6) is 0. The minimum atomic E-state index is -1.29. The molecule has 0 saturated carbocycles. The molecule has 0 aromatic rings. The van der Waals surface area contributed by atoms with E-state index in [1.54, 1.807) is 7.11 Å². The van der Waals surface area contributed by atoms with Crippen molar-refractivity contribution in [1.82, 2.24) is 5.01 Å². The normalized spacial score (nSPS) is 21.6. The van der Waals surface area contributed by atoms with Gasteiger partial charge in [-0.3, -0.25) is 5.01 Å². The molecule has 3 nitrogen and oxygen atoms in total. The Balaban J connectivity index is 2.77. The zero-order valence-corrected chi connectivity index (χ0v) is 15.6. The SMILES string of the molecule is CCC(C[Si](C)(C)C(C)(C)C)=NN1CCC[C@H]1COC. The van der Waals surface area contributed by atoms with Crippen molar-refractivity contribution < 1.29 is 4.74 Å². The molecule has 0 radical (unpaired) electrons. The van der Waals surface area contributed by atoms with Gasteiger partial charge >= 0.3 is 0 Å². The van der Waals surface area contributed by atoms with Crippen LogP contribution in [-0.4, -0.2) is 45.1 Å². The smallest absolute Gasteiger partial charge is 0.0704 e. The van der Waals surface area contributed by atoms with Crippen molar-refractivity contribution in [3.63, 3.8) is 0 Å². The lowest BCUT2D eigenvalue weighted by Gasteiger charge is -2.37. The lowest BCUT2D eigenvalue weighted by atomic mass is 10.2. The van der Waals surface area contributed by atoms with Crippen LogP contribution >= 0.6 is 0 Å². The van der Waals surface area contributed by atoms with Crippen LogP contribution in [0, 0.1) is 0 Å². The summed E-state index contributed by atoms with van der Waals surface area (Å²) in [6.45, 7) is 16.3. The fraction of sp³-hybridized carbons (Fsp3) is 0.938. The molecule has 118 valence electrons. The first-order valence-electron chi connectivity index (χ1n) is 8.03. The highest BCUT2D eigenvalue weighted by Crippen LogP contribution is 2.39. The van der Waals surface area contributed by atoms with E-state index in [9.17, 15) is 0 Å². The number of hydrogen-bond donors (Lipinski definition) is 0. The Labute approximate surface area is 126 Å².